The van der Waals surface area contributed by atoms with Gasteiger partial charge in [0.2, 0.25) is 0 Å². The normalized spacial score (nSPS) is 10.3. The van der Waals surface area contributed by atoms with Crippen LogP contribution in [0.5, 0.6) is 5.75 Å². The van der Waals surface area contributed by atoms with E-state index in [1.165, 1.54) is 6.07 Å². The fourth-order valence-electron chi connectivity index (χ4n) is 1.77. The summed E-state index contributed by atoms with van der Waals surface area (Å²) in [4.78, 5) is 11.9. The zero-order valence-corrected chi connectivity index (χ0v) is 11.5. The number of phenolic OH excluding ortho intramolecular Hbond substituents is 1. The van der Waals surface area contributed by atoms with Gasteiger partial charge in [-0.15, -0.1) is 11.6 Å². The first kappa shape index (κ1) is 14.8. The SMILES string of the molecule is Cc1cc(O)ccc1C(=O)NCCCCCCCl. The molecular weight excluding hydrogens is 250 g/mol. The minimum Gasteiger partial charge on any atom is -0.508 e. The van der Waals surface area contributed by atoms with Gasteiger partial charge < -0.3 is 10.4 Å². The molecule has 0 atom stereocenters. The van der Waals surface area contributed by atoms with Gasteiger partial charge in [0, 0.05) is 18.0 Å². The summed E-state index contributed by atoms with van der Waals surface area (Å²) in [5, 5.41) is 12.2. The van der Waals surface area contributed by atoms with Crippen molar-refractivity contribution >= 4 is 17.5 Å². The monoisotopic (exact) mass is 269 g/mol. The molecule has 1 amide bonds. The lowest BCUT2D eigenvalue weighted by atomic mass is 10.1. The van der Waals surface area contributed by atoms with Gasteiger partial charge in [0.15, 0.2) is 0 Å². The Morgan fingerprint density at radius 1 is 1.28 bits per heavy atom. The fraction of sp³-hybridized carbons (Fsp3) is 0.500. The largest absolute Gasteiger partial charge is 0.508 e. The zero-order chi connectivity index (χ0) is 13.4. The van der Waals surface area contributed by atoms with Gasteiger partial charge in [-0.1, -0.05) is 12.8 Å². The number of rotatable bonds is 7. The lowest BCUT2D eigenvalue weighted by Gasteiger charge is -2.07. The third-order valence-electron chi connectivity index (χ3n) is 2.80. The Balaban J connectivity index is 2.32. The number of unbranched alkanes of at least 4 members (excludes halogenated alkanes) is 3. The van der Waals surface area contributed by atoms with Crippen LogP contribution in [0, 0.1) is 6.92 Å². The number of phenols is 1. The predicted octanol–water partition coefficient (Wildman–Crippen LogP) is 3.23. The van der Waals surface area contributed by atoms with Crippen molar-refractivity contribution in [3.05, 3.63) is 29.3 Å². The molecule has 0 aliphatic carbocycles. The molecule has 0 saturated carbocycles. The van der Waals surface area contributed by atoms with Gasteiger partial charge in [-0.2, -0.15) is 0 Å². The van der Waals surface area contributed by atoms with Crippen LogP contribution in [0.1, 0.15) is 41.6 Å². The molecule has 3 nitrogen and oxygen atoms in total. The summed E-state index contributed by atoms with van der Waals surface area (Å²) >= 11 is 5.58. The van der Waals surface area contributed by atoms with Crippen LogP contribution >= 0.6 is 11.6 Å². The van der Waals surface area contributed by atoms with E-state index < -0.39 is 0 Å². The maximum atomic E-state index is 11.9. The van der Waals surface area contributed by atoms with Crippen molar-refractivity contribution in [3.8, 4) is 5.75 Å². The van der Waals surface area contributed by atoms with Gasteiger partial charge in [0.05, 0.1) is 0 Å². The summed E-state index contributed by atoms with van der Waals surface area (Å²) in [6.45, 7) is 2.50. The summed E-state index contributed by atoms with van der Waals surface area (Å²) in [6, 6.07) is 4.77. The Kier molecular flexibility index (Phi) is 6.58. The average molecular weight is 270 g/mol. The fourth-order valence-corrected chi connectivity index (χ4v) is 1.96. The lowest BCUT2D eigenvalue weighted by Crippen LogP contribution is -2.25. The van der Waals surface area contributed by atoms with Crippen LogP contribution in [0.3, 0.4) is 0 Å². The predicted molar refractivity (Wildman–Crippen MR) is 74.4 cm³/mol. The number of halogens is 1. The Morgan fingerprint density at radius 3 is 2.67 bits per heavy atom. The van der Waals surface area contributed by atoms with Crippen LogP contribution in [0.2, 0.25) is 0 Å². The van der Waals surface area contributed by atoms with E-state index in [-0.39, 0.29) is 11.7 Å². The van der Waals surface area contributed by atoms with Crippen molar-refractivity contribution in [1.29, 1.82) is 0 Å². The highest BCUT2D eigenvalue weighted by Crippen LogP contribution is 2.15. The highest BCUT2D eigenvalue weighted by Gasteiger charge is 2.08. The highest BCUT2D eigenvalue weighted by molar-refractivity contribution is 6.17. The molecular formula is C14H20ClNO2. The first-order chi connectivity index (χ1) is 8.65. The molecule has 0 heterocycles. The minimum absolute atomic E-state index is 0.0788. The average Bonchev–Trinajstić information content (AvgIpc) is 2.33. The molecule has 18 heavy (non-hydrogen) atoms. The Labute approximate surface area is 113 Å². The van der Waals surface area contributed by atoms with Crippen LogP contribution in [0.25, 0.3) is 0 Å². The summed E-state index contributed by atoms with van der Waals surface area (Å²) in [6.07, 6.45) is 4.20. The van der Waals surface area contributed by atoms with E-state index in [4.69, 9.17) is 11.6 Å². The quantitative estimate of drug-likeness (QED) is 0.590. The number of alkyl halides is 1. The Morgan fingerprint density at radius 2 is 2.00 bits per heavy atom. The van der Waals surface area contributed by atoms with Crippen molar-refractivity contribution in [2.24, 2.45) is 0 Å². The molecule has 0 radical (unpaired) electrons. The third kappa shape index (κ3) is 4.96. The van der Waals surface area contributed by atoms with Gasteiger partial charge in [-0.3, -0.25) is 4.79 Å². The van der Waals surface area contributed by atoms with E-state index in [1.807, 2.05) is 6.92 Å². The maximum Gasteiger partial charge on any atom is 0.251 e. The van der Waals surface area contributed by atoms with Gasteiger partial charge in [-0.25, -0.2) is 0 Å². The van der Waals surface area contributed by atoms with Gasteiger partial charge in [0.1, 0.15) is 5.75 Å². The molecule has 0 spiro atoms. The van der Waals surface area contributed by atoms with Crippen molar-refractivity contribution in [2.45, 2.75) is 32.6 Å². The van der Waals surface area contributed by atoms with Crippen LogP contribution < -0.4 is 5.32 Å². The molecule has 100 valence electrons. The molecule has 4 heteroatoms. The molecule has 0 aromatic heterocycles. The first-order valence-corrected chi connectivity index (χ1v) is 6.82. The van der Waals surface area contributed by atoms with Crippen molar-refractivity contribution in [1.82, 2.24) is 5.32 Å². The van der Waals surface area contributed by atoms with Crippen LogP contribution in [-0.2, 0) is 0 Å². The van der Waals surface area contributed by atoms with Gasteiger partial charge >= 0.3 is 0 Å². The molecule has 0 aliphatic heterocycles. The van der Waals surface area contributed by atoms with E-state index in [0.717, 1.165) is 31.2 Å². The standard InChI is InChI=1S/C14H20ClNO2/c1-11-10-12(17)6-7-13(11)14(18)16-9-5-3-2-4-8-15/h6-7,10,17H,2-5,8-9H2,1H3,(H,16,18). The molecule has 0 bridgehead atoms. The second kappa shape index (κ2) is 7.98. The zero-order valence-electron chi connectivity index (χ0n) is 10.7. The number of nitrogens with one attached hydrogen (secondary N) is 1. The van der Waals surface area contributed by atoms with Crippen LogP contribution in [0.15, 0.2) is 18.2 Å². The number of aromatic hydroxyl groups is 1. The number of benzene rings is 1. The number of carbonyl (C=O) groups excluding carboxylic acids is 1. The van der Waals surface area contributed by atoms with Gasteiger partial charge in [-0.05, 0) is 43.5 Å². The second-order valence-electron chi connectivity index (χ2n) is 4.36. The van der Waals surface area contributed by atoms with Crippen molar-refractivity contribution in [3.63, 3.8) is 0 Å². The second-order valence-corrected chi connectivity index (χ2v) is 4.74. The molecule has 1 aromatic rings. The van der Waals surface area contributed by atoms with E-state index >= 15 is 0 Å². The topological polar surface area (TPSA) is 49.3 Å². The molecule has 0 fully saturated rings. The molecule has 0 aliphatic rings. The summed E-state index contributed by atoms with van der Waals surface area (Å²) < 4.78 is 0. The van der Waals surface area contributed by atoms with E-state index in [9.17, 15) is 9.90 Å². The van der Waals surface area contributed by atoms with Gasteiger partial charge in [0.25, 0.3) is 5.91 Å². The minimum atomic E-state index is -0.0788. The summed E-state index contributed by atoms with van der Waals surface area (Å²) in [5.41, 5.74) is 1.41. The molecule has 0 unspecified atom stereocenters. The Bertz CT molecular complexity index is 393. The summed E-state index contributed by atoms with van der Waals surface area (Å²) in [7, 11) is 0. The molecule has 1 rings (SSSR count). The molecule has 2 N–H and O–H groups in total. The number of amides is 1. The Hall–Kier alpha value is -1.22. The third-order valence-corrected chi connectivity index (χ3v) is 3.07. The number of hydrogen-bond donors (Lipinski definition) is 2. The van der Waals surface area contributed by atoms with Crippen molar-refractivity contribution in [2.75, 3.05) is 12.4 Å². The summed E-state index contributed by atoms with van der Waals surface area (Å²) in [5.74, 6) is 0.814. The maximum absolute atomic E-state index is 11.9. The smallest absolute Gasteiger partial charge is 0.251 e. The number of carbonyl (C=O) groups is 1. The van der Waals surface area contributed by atoms with E-state index in [2.05, 4.69) is 5.32 Å². The van der Waals surface area contributed by atoms with Crippen LogP contribution in [-0.4, -0.2) is 23.4 Å². The lowest BCUT2D eigenvalue weighted by molar-refractivity contribution is 0.0952. The highest BCUT2D eigenvalue weighted by atomic mass is 35.5. The molecule has 1 aromatic carbocycles. The number of hydrogen-bond acceptors (Lipinski definition) is 2. The van der Waals surface area contributed by atoms with Crippen molar-refractivity contribution < 1.29 is 9.90 Å². The van der Waals surface area contributed by atoms with E-state index in [0.29, 0.717) is 18.0 Å². The molecule has 0 saturated heterocycles. The first-order valence-electron chi connectivity index (χ1n) is 6.29. The van der Waals surface area contributed by atoms with E-state index in [1.54, 1.807) is 12.1 Å². The number of aryl methyl sites for hydroxylation is 1. The van der Waals surface area contributed by atoms with Crippen LogP contribution in [0.4, 0.5) is 0 Å².